The van der Waals surface area contributed by atoms with Crippen molar-refractivity contribution in [3.63, 3.8) is 0 Å². The molecule has 0 amide bonds. The lowest BCUT2D eigenvalue weighted by atomic mass is 9.81. The molecule has 4 nitrogen and oxygen atoms in total. The fraction of sp³-hybridized carbons (Fsp3) is 0.467. The van der Waals surface area contributed by atoms with Gasteiger partial charge in [0.15, 0.2) is 11.1 Å². The van der Waals surface area contributed by atoms with Crippen molar-refractivity contribution >= 4 is 17.6 Å². The van der Waals surface area contributed by atoms with Crippen molar-refractivity contribution in [3.05, 3.63) is 30.3 Å². The largest absolute Gasteiger partial charge is 0.389 e. The number of piperidine rings is 1. The smallest absolute Gasteiger partial charge is 0.343 e. The first-order valence-electron chi connectivity index (χ1n) is 6.86. The number of carbonyl (C=O) groups excluding carboxylic acids is 2. The summed E-state index contributed by atoms with van der Waals surface area (Å²) in [6.07, 6.45) is 3.08. The number of fused-ring (bicyclic) bond motifs is 2. The molecule has 19 heavy (non-hydrogen) atoms. The molecule has 96 valence electrons. The van der Waals surface area contributed by atoms with Crippen molar-refractivity contribution in [2.24, 2.45) is 11.8 Å². The molecule has 2 saturated heterocycles. The summed E-state index contributed by atoms with van der Waals surface area (Å²) in [5, 5.41) is 0. The predicted molar refractivity (Wildman–Crippen MR) is 66.3 cm³/mol. The second kappa shape index (κ2) is 2.69. The average molecular weight is 255 g/mol. The van der Waals surface area contributed by atoms with Crippen LogP contribution < -0.4 is 4.90 Å². The van der Waals surface area contributed by atoms with Gasteiger partial charge in [-0.15, -0.1) is 0 Å². The quantitative estimate of drug-likeness (QED) is 0.433. The van der Waals surface area contributed by atoms with Crippen molar-refractivity contribution in [2.75, 3.05) is 4.90 Å². The van der Waals surface area contributed by atoms with Crippen LogP contribution in [0.25, 0.3) is 0 Å². The molecule has 2 saturated carbocycles. The molecule has 0 radical (unpaired) electrons. The molecule has 4 aliphatic rings. The Balaban J connectivity index is 1.75. The third-order valence-electron chi connectivity index (χ3n) is 5.67. The summed E-state index contributed by atoms with van der Waals surface area (Å²) >= 11 is 0. The summed E-state index contributed by atoms with van der Waals surface area (Å²) in [5.74, 6) is -0.0459. The van der Waals surface area contributed by atoms with E-state index in [0.29, 0.717) is 0 Å². The third kappa shape index (κ3) is 0.740. The van der Waals surface area contributed by atoms with Gasteiger partial charge in [-0.05, 0) is 43.2 Å². The Morgan fingerprint density at radius 3 is 2.16 bits per heavy atom. The van der Waals surface area contributed by atoms with Gasteiger partial charge in [-0.1, -0.05) is 18.2 Å². The van der Waals surface area contributed by atoms with Gasteiger partial charge in [-0.3, -0.25) is 0 Å². The number of hydrogen-bond acceptors (Lipinski definition) is 4. The number of ether oxygens (including phenoxy) is 1. The predicted octanol–water partition coefficient (Wildman–Crippen LogP) is 1.50. The van der Waals surface area contributed by atoms with E-state index in [1.165, 1.54) is 0 Å². The van der Waals surface area contributed by atoms with Gasteiger partial charge in [0.2, 0.25) is 0 Å². The Labute approximate surface area is 110 Å². The van der Waals surface area contributed by atoms with Gasteiger partial charge < -0.3 is 9.64 Å². The molecule has 4 unspecified atom stereocenters. The second-order valence-corrected chi connectivity index (χ2v) is 6.09. The number of benzene rings is 1. The van der Waals surface area contributed by atoms with Crippen LogP contribution in [0, 0.1) is 11.8 Å². The minimum atomic E-state index is -0.658. The highest BCUT2D eigenvalue weighted by Gasteiger charge is 2.97. The van der Waals surface area contributed by atoms with Crippen LogP contribution in [0.1, 0.15) is 19.3 Å². The van der Waals surface area contributed by atoms with Crippen LogP contribution in [0.4, 0.5) is 5.69 Å². The van der Waals surface area contributed by atoms with Crippen molar-refractivity contribution in [2.45, 2.75) is 30.3 Å². The first-order chi connectivity index (χ1) is 9.24. The van der Waals surface area contributed by atoms with Gasteiger partial charge >= 0.3 is 11.9 Å². The Morgan fingerprint density at radius 2 is 1.58 bits per heavy atom. The summed E-state index contributed by atoms with van der Waals surface area (Å²) < 4.78 is 4.98. The number of esters is 2. The van der Waals surface area contributed by atoms with Crippen LogP contribution in [0.5, 0.6) is 0 Å². The molecule has 0 N–H and O–H groups in total. The molecule has 4 heteroatoms. The molecule has 4 atom stereocenters. The van der Waals surface area contributed by atoms with Crippen LogP contribution in [0.15, 0.2) is 30.3 Å². The molecule has 1 aromatic rings. The van der Waals surface area contributed by atoms with E-state index in [1.807, 2.05) is 30.3 Å². The molecular weight excluding hydrogens is 242 g/mol. The van der Waals surface area contributed by atoms with Crippen molar-refractivity contribution in [3.8, 4) is 0 Å². The lowest BCUT2D eigenvalue weighted by molar-refractivity contribution is -0.157. The molecule has 2 bridgehead atoms. The summed E-state index contributed by atoms with van der Waals surface area (Å²) in [7, 11) is 0. The van der Waals surface area contributed by atoms with Crippen LogP contribution in [-0.2, 0) is 14.3 Å². The van der Waals surface area contributed by atoms with Gasteiger partial charge in [0.1, 0.15) is 0 Å². The van der Waals surface area contributed by atoms with Gasteiger partial charge in [0.05, 0.1) is 0 Å². The highest BCUT2D eigenvalue weighted by Crippen LogP contribution is 2.76. The van der Waals surface area contributed by atoms with Crippen LogP contribution in [0.2, 0.25) is 0 Å². The van der Waals surface area contributed by atoms with E-state index in [-0.39, 0.29) is 23.8 Å². The summed E-state index contributed by atoms with van der Waals surface area (Å²) in [4.78, 5) is 26.7. The number of nitrogens with zero attached hydrogens (tertiary/aromatic N) is 1. The Hall–Kier alpha value is -1.84. The van der Waals surface area contributed by atoms with E-state index >= 15 is 0 Å². The Kier molecular flexibility index (Phi) is 1.42. The number of anilines is 1. The molecule has 2 heterocycles. The molecular formula is C15H13NO3. The van der Waals surface area contributed by atoms with E-state index in [2.05, 4.69) is 4.90 Å². The fourth-order valence-corrected chi connectivity index (χ4v) is 5.17. The summed E-state index contributed by atoms with van der Waals surface area (Å²) in [5.41, 5.74) is -0.341. The van der Waals surface area contributed by atoms with E-state index < -0.39 is 11.1 Å². The highest BCUT2D eigenvalue weighted by atomic mass is 16.6. The molecule has 1 aromatic carbocycles. The summed E-state index contributed by atoms with van der Waals surface area (Å²) in [6.45, 7) is 0. The number of para-hydroxylation sites is 1. The first-order valence-corrected chi connectivity index (χ1v) is 6.86. The van der Waals surface area contributed by atoms with Gasteiger partial charge in [-0.2, -0.15) is 0 Å². The topological polar surface area (TPSA) is 46.4 Å². The van der Waals surface area contributed by atoms with Gasteiger partial charge in [-0.25, -0.2) is 9.59 Å². The highest BCUT2D eigenvalue weighted by molar-refractivity contribution is 6.20. The van der Waals surface area contributed by atoms with E-state index in [0.717, 1.165) is 24.9 Å². The maximum Gasteiger partial charge on any atom is 0.343 e. The SMILES string of the molecule is O=C1OC(=O)C23C4CCC(C4)C12N3c1ccccc1. The zero-order valence-electron chi connectivity index (χ0n) is 10.3. The van der Waals surface area contributed by atoms with Crippen LogP contribution in [0.3, 0.4) is 0 Å². The standard InChI is InChI=1S/C15H13NO3/c17-12-14-9-6-7-10(8-9)15(14,13(18)19-12)16(14)11-4-2-1-3-5-11/h1-5,9-10H,6-8H2. The number of rotatable bonds is 1. The second-order valence-electron chi connectivity index (χ2n) is 6.09. The molecule has 0 spiro atoms. The van der Waals surface area contributed by atoms with Gasteiger partial charge in [0.25, 0.3) is 0 Å². The molecule has 5 rings (SSSR count). The Bertz CT molecular complexity index is 594. The molecule has 0 aromatic heterocycles. The lowest BCUT2D eigenvalue weighted by Gasteiger charge is -2.23. The fourth-order valence-electron chi connectivity index (χ4n) is 5.17. The summed E-state index contributed by atoms with van der Waals surface area (Å²) in [6, 6.07) is 9.80. The van der Waals surface area contributed by atoms with Crippen molar-refractivity contribution in [1.82, 2.24) is 0 Å². The zero-order chi connectivity index (χ0) is 12.8. The maximum absolute atomic E-state index is 12.3. The number of morpholine rings is 1. The monoisotopic (exact) mass is 255 g/mol. The van der Waals surface area contributed by atoms with Crippen LogP contribution >= 0.6 is 0 Å². The third-order valence-corrected chi connectivity index (χ3v) is 5.67. The lowest BCUT2D eigenvalue weighted by Crippen LogP contribution is -2.36. The molecule has 2 aliphatic heterocycles. The van der Waals surface area contributed by atoms with Crippen molar-refractivity contribution < 1.29 is 14.3 Å². The number of hydrogen-bond donors (Lipinski definition) is 0. The van der Waals surface area contributed by atoms with E-state index in [4.69, 9.17) is 4.74 Å². The maximum atomic E-state index is 12.3. The minimum Gasteiger partial charge on any atom is -0.389 e. The number of carbonyl (C=O) groups is 2. The molecule has 2 aliphatic carbocycles. The minimum absolute atomic E-state index is 0.289. The van der Waals surface area contributed by atoms with Crippen molar-refractivity contribution in [1.29, 1.82) is 0 Å². The Morgan fingerprint density at radius 1 is 1.00 bits per heavy atom. The van der Waals surface area contributed by atoms with E-state index in [1.54, 1.807) is 0 Å². The number of cyclic esters (lactones) is 2. The zero-order valence-corrected chi connectivity index (χ0v) is 10.3. The normalized spacial score (nSPS) is 45.2. The first kappa shape index (κ1) is 10.0. The van der Waals surface area contributed by atoms with E-state index in [9.17, 15) is 9.59 Å². The average Bonchev–Trinajstić information content (AvgIpc) is 2.68. The van der Waals surface area contributed by atoms with Gasteiger partial charge in [0, 0.05) is 5.69 Å². The van der Waals surface area contributed by atoms with Crippen LogP contribution in [-0.4, -0.2) is 23.0 Å². The molecule has 4 fully saturated rings.